The number of likely N-dealkylation sites (tertiary alicyclic amines) is 1. The first-order valence-corrected chi connectivity index (χ1v) is 7.97. The first kappa shape index (κ1) is 13.6. The Morgan fingerprint density at radius 2 is 2.20 bits per heavy atom. The molecule has 1 aliphatic heterocycles. The zero-order valence-corrected chi connectivity index (χ0v) is 12.8. The number of piperidine rings is 1. The highest BCUT2D eigenvalue weighted by Gasteiger charge is 2.26. The number of hydrogen-bond donors (Lipinski definition) is 1. The van der Waals surface area contributed by atoms with Gasteiger partial charge in [0.15, 0.2) is 0 Å². The lowest BCUT2D eigenvalue weighted by Crippen LogP contribution is -2.46. The molecule has 2 heterocycles. The normalized spacial score (nSPS) is 19.5. The number of aryl methyl sites for hydroxylation is 1. The number of carbonyl (C=O) groups excluding carboxylic acids is 1. The lowest BCUT2D eigenvalue weighted by molar-refractivity contribution is 0.0702. The third-order valence-corrected chi connectivity index (χ3v) is 5.42. The molecule has 1 amide bonds. The molecule has 20 heavy (non-hydrogen) atoms. The lowest BCUT2D eigenvalue weighted by Gasteiger charge is -2.32. The van der Waals surface area contributed by atoms with Crippen LogP contribution in [0.25, 0.3) is 10.1 Å². The van der Waals surface area contributed by atoms with Gasteiger partial charge in [-0.25, -0.2) is 0 Å². The predicted octanol–water partition coefficient (Wildman–Crippen LogP) is 3.03. The molecule has 4 heteroatoms. The summed E-state index contributed by atoms with van der Waals surface area (Å²) in [6.07, 6.45) is 2.24. The van der Waals surface area contributed by atoms with Crippen LogP contribution >= 0.6 is 11.3 Å². The average molecular weight is 288 g/mol. The van der Waals surface area contributed by atoms with E-state index in [0.29, 0.717) is 6.04 Å². The standard InChI is InChI=1S/C16H20N2OS/c1-11-13-7-3-4-8-14(13)20-15(11)16(19)18-9-5-6-12(10-18)17-2/h3-4,7-8,12,17H,5-6,9-10H2,1-2H3/t12-/m1/s1. The van der Waals surface area contributed by atoms with Crippen molar-refractivity contribution >= 4 is 27.3 Å². The van der Waals surface area contributed by atoms with E-state index >= 15 is 0 Å². The van der Waals surface area contributed by atoms with Gasteiger partial charge in [0.1, 0.15) is 0 Å². The van der Waals surface area contributed by atoms with Crippen LogP contribution in [-0.4, -0.2) is 37.0 Å². The van der Waals surface area contributed by atoms with Gasteiger partial charge in [0.25, 0.3) is 5.91 Å². The molecule has 0 unspecified atom stereocenters. The number of rotatable bonds is 2. The van der Waals surface area contributed by atoms with Crippen molar-refractivity contribution in [2.24, 2.45) is 0 Å². The molecule has 1 fully saturated rings. The van der Waals surface area contributed by atoms with Gasteiger partial charge in [-0.1, -0.05) is 18.2 Å². The molecule has 106 valence electrons. The van der Waals surface area contributed by atoms with Gasteiger partial charge in [-0.2, -0.15) is 0 Å². The molecule has 0 bridgehead atoms. The number of likely N-dealkylation sites (N-methyl/N-ethyl adjacent to an activating group) is 1. The first-order valence-electron chi connectivity index (χ1n) is 7.15. The maximum Gasteiger partial charge on any atom is 0.264 e. The van der Waals surface area contributed by atoms with Gasteiger partial charge >= 0.3 is 0 Å². The summed E-state index contributed by atoms with van der Waals surface area (Å²) in [5.41, 5.74) is 1.13. The summed E-state index contributed by atoms with van der Waals surface area (Å²) in [5.74, 6) is 0.198. The number of thiophene rings is 1. The van der Waals surface area contributed by atoms with Crippen molar-refractivity contribution in [1.29, 1.82) is 0 Å². The van der Waals surface area contributed by atoms with Crippen LogP contribution in [-0.2, 0) is 0 Å². The molecule has 1 aromatic heterocycles. The minimum Gasteiger partial charge on any atom is -0.336 e. The fourth-order valence-electron chi connectivity index (χ4n) is 2.92. The van der Waals surface area contributed by atoms with Crippen LogP contribution in [0.15, 0.2) is 24.3 Å². The molecule has 0 spiro atoms. The Hall–Kier alpha value is -1.39. The minimum absolute atomic E-state index is 0.198. The van der Waals surface area contributed by atoms with E-state index in [2.05, 4.69) is 24.4 Å². The van der Waals surface area contributed by atoms with E-state index < -0.39 is 0 Å². The zero-order chi connectivity index (χ0) is 14.1. The van der Waals surface area contributed by atoms with Gasteiger partial charge in [-0.05, 0) is 43.8 Å². The largest absolute Gasteiger partial charge is 0.336 e. The average Bonchev–Trinajstić information content (AvgIpc) is 2.84. The van der Waals surface area contributed by atoms with Crippen LogP contribution in [0.1, 0.15) is 28.1 Å². The summed E-state index contributed by atoms with van der Waals surface area (Å²) in [7, 11) is 1.98. The van der Waals surface area contributed by atoms with Crippen molar-refractivity contribution in [3.63, 3.8) is 0 Å². The Kier molecular flexibility index (Phi) is 3.76. The molecule has 0 saturated carbocycles. The summed E-state index contributed by atoms with van der Waals surface area (Å²) >= 11 is 1.62. The van der Waals surface area contributed by atoms with Crippen molar-refractivity contribution in [2.75, 3.05) is 20.1 Å². The van der Waals surface area contributed by atoms with E-state index in [1.807, 2.05) is 24.1 Å². The summed E-state index contributed by atoms with van der Waals surface area (Å²) < 4.78 is 1.20. The summed E-state index contributed by atoms with van der Waals surface area (Å²) in [6.45, 7) is 3.76. The number of fused-ring (bicyclic) bond motifs is 1. The van der Waals surface area contributed by atoms with Crippen LogP contribution < -0.4 is 5.32 Å². The maximum atomic E-state index is 12.8. The number of carbonyl (C=O) groups is 1. The van der Waals surface area contributed by atoms with Crippen LogP contribution in [0.5, 0.6) is 0 Å². The molecular formula is C16H20N2OS. The summed E-state index contributed by atoms with van der Waals surface area (Å²) in [4.78, 5) is 15.7. The molecule has 1 saturated heterocycles. The Morgan fingerprint density at radius 1 is 1.40 bits per heavy atom. The van der Waals surface area contributed by atoms with E-state index in [1.54, 1.807) is 11.3 Å². The molecule has 0 aliphatic carbocycles. The highest BCUT2D eigenvalue weighted by molar-refractivity contribution is 7.21. The van der Waals surface area contributed by atoms with Crippen LogP contribution in [0, 0.1) is 6.92 Å². The number of benzene rings is 1. The Balaban J connectivity index is 1.90. The number of nitrogens with one attached hydrogen (secondary N) is 1. The van der Waals surface area contributed by atoms with Gasteiger partial charge in [0.2, 0.25) is 0 Å². The third kappa shape index (κ3) is 2.34. The quantitative estimate of drug-likeness (QED) is 0.921. The van der Waals surface area contributed by atoms with Crippen molar-refractivity contribution in [3.05, 3.63) is 34.7 Å². The Morgan fingerprint density at radius 3 is 2.95 bits per heavy atom. The van der Waals surface area contributed by atoms with Crippen molar-refractivity contribution in [1.82, 2.24) is 10.2 Å². The van der Waals surface area contributed by atoms with Gasteiger partial charge in [0, 0.05) is 23.8 Å². The van der Waals surface area contributed by atoms with E-state index in [4.69, 9.17) is 0 Å². The van der Waals surface area contributed by atoms with Gasteiger partial charge in [-0.3, -0.25) is 4.79 Å². The lowest BCUT2D eigenvalue weighted by atomic mass is 10.1. The molecule has 1 atom stereocenters. The molecule has 0 radical (unpaired) electrons. The fraction of sp³-hybridized carbons (Fsp3) is 0.438. The first-order chi connectivity index (χ1) is 9.70. The third-order valence-electron chi connectivity index (χ3n) is 4.15. The molecule has 1 aromatic carbocycles. The second kappa shape index (κ2) is 5.54. The van der Waals surface area contributed by atoms with Crippen LogP contribution in [0.2, 0.25) is 0 Å². The van der Waals surface area contributed by atoms with E-state index in [9.17, 15) is 4.79 Å². The van der Waals surface area contributed by atoms with Crippen LogP contribution in [0.3, 0.4) is 0 Å². The van der Waals surface area contributed by atoms with E-state index in [1.165, 1.54) is 10.1 Å². The van der Waals surface area contributed by atoms with Crippen molar-refractivity contribution in [3.8, 4) is 0 Å². The molecule has 1 N–H and O–H groups in total. The highest BCUT2D eigenvalue weighted by Crippen LogP contribution is 2.31. The number of nitrogens with zero attached hydrogens (tertiary/aromatic N) is 1. The Labute approximate surface area is 123 Å². The highest BCUT2D eigenvalue weighted by atomic mass is 32.1. The van der Waals surface area contributed by atoms with Gasteiger partial charge in [-0.15, -0.1) is 11.3 Å². The zero-order valence-electron chi connectivity index (χ0n) is 12.0. The SMILES string of the molecule is CN[C@@H]1CCCN(C(=O)c2sc3ccccc3c2C)C1. The van der Waals surface area contributed by atoms with E-state index in [-0.39, 0.29) is 5.91 Å². The summed E-state index contributed by atoms with van der Waals surface area (Å²) in [6, 6.07) is 8.70. The number of hydrogen-bond acceptors (Lipinski definition) is 3. The number of amides is 1. The second-order valence-electron chi connectivity index (χ2n) is 5.43. The minimum atomic E-state index is 0.198. The monoisotopic (exact) mass is 288 g/mol. The Bertz CT molecular complexity index is 634. The molecule has 3 nitrogen and oxygen atoms in total. The van der Waals surface area contributed by atoms with Crippen LogP contribution in [0.4, 0.5) is 0 Å². The summed E-state index contributed by atoms with van der Waals surface area (Å²) in [5, 5.41) is 4.50. The van der Waals surface area contributed by atoms with Gasteiger partial charge in [0.05, 0.1) is 4.88 Å². The topological polar surface area (TPSA) is 32.3 Å². The molecule has 3 rings (SSSR count). The fourth-order valence-corrected chi connectivity index (χ4v) is 4.10. The molecular weight excluding hydrogens is 268 g/mol. The van der Waals surface area contributed by atoms with Gasteiger partial charge < -0.3 is 10.2 Å². The van der Waals surface area contributed by atoms with Crippen molar-refractivity contribution in [2.45, 2.75) is 25.8 Å². The molecule has 1 aliphatic rings. The second-order valence-corrected chi connectivity index (χ2v) is 6.48. The maximum absolute atomic E-state index is 12.8. The predicted molar refractivity (Wildman–Crippen MR) is 84.5 cm³/mol. The smallest absolute Gasteiger partial charge is 0.264 e. The molecule has 2 aromatic rings. The van der Waals surface area contributed by atoms with E-state index in [0.717, 1.165) is 36.4 Å². The van der Waals surface area contributed by atoms with Crippen molar-refractivity contribution < 1.29 is 4.79 Å².